The molecule has 84 valence electrons. The molecule has 0 amide bonds. The molecule has 0 fully saturated rings. The number of benzene rings is 1. The van der Waals surface area contributed by atoms with Crippen molar-refractivity contribution in [3.63, 3.8) is 0 Å². The SMILES string of the molecule is OCc1coc(Oc2ccc(F)cc2Cl)n1. The molecule has 0 radical (unpaired) electrons. The van der Waals surface area contributed by atoms with Crippen LogP contribution in [0.1, 0.15) is 5.69 Å². The molecule has 2 aromatic rings. The van der Waals surface area contributed by atoms with Gasteiger partial charge in [-0.1, -0.05) is 11.6 Å². The summed E-state index contributed by atoms with van der Waals surface area (Å²) in [6, 6.07) is 3.68. The molecule has 1 aromatic heterocycles. The Kier molecular flexibility index (Phi) is 3.07. The van der Waals surface area contributed by atoms with Gasteiger partial charge in [-0.15, -0.1) is 0 Å². The van der Waals surface area contributed by atoms with E-state index in [9.17, 15) is 4.39 Å². The van der Waals surface area contributed by atoms with Crippen LogP contribution in [0.15, 0.2) is 28.9 Å². The predicted molar refractivity (Wildman–Crippen MR) is 53.9 cm³/mol. The van der Waals surface area contributed by atoms with Crippen LogP contribution < -0.4 is 4.74 Å². The van der Waals surface area contributed by atoms with E-state index in [1.54, 1.807) is 0 Å². The molecule has 6 heteroatoms. The summed E-state index contributed by atoms with van der Waals surface area (Å²) in [5.74, 6) is -0.227. The molecule has 2 rings (SSSR count). The van der Waals surface area contributed by atoms with Crippen LogP contribution in [0.4, 0.5) is 4.39 Å². The molecule has 1 N–H and O–H groups in total. The zero-order chi connectivity index (χ0) is 11.5. The smallest absolute Gasteiger partial charge is 0.399 e. The average Bonchev–Trinajstić information content (AvgIpc) is 2.70. The number of ether oxygens (including phenoxy) is 1. The topological polar surface area (TPSA) is 55.5 Å². The van der Waals surface area contributed by atoms with Crippen molar-refractivity contribution in [2.24, 2.45) is 0 Å². The number of aromatic nitrogens is 1. The van der Waals surface area contributed by atoms with E-state index in [-0.39, 0.29) is 23.5 Å². The summed E-state index contributed by atoms with van der Waals surface area (Å²) in [6.45, 7) is -0.246. The Bertz CT molecular complexity index is 501. The average molecular weight is 244 g/mol. The van der Waals surface area contributed by atoms with Gasteiger partial charge in [-0.3, -0.25) is 0 Å². The Balaban J connectivity index is 2.20. The highest BCUT2D eigenvalue weighted by molar-refractivity contribution is 6.32. The van der Waals surface area contributed by atoms with Crippen LogP contribution in [0.5, 0.6) is 11.8 Å². The van der Waals surface area contributed by atoms with Crippen molar-refractivity contribution in [1.82, 2.24) is 4.98 Å². The van der Waals surface area contributed by atoms with Gasteiger partial charge in [0.2, 0.25) is 0 Å². The van der Waals surface area contributed by atoms with E-state index >= 15 is 0 Å². The van der Waals surface area contributed by atoms with Gasteiger partial charge >= 0.3 is 6.08 Å². The standard InChI is InChI=1S/C10H7ClFNO3/c11-8-3-6(12)1-2-9(8)16-10-13-7(4-14)5-15-10/h1-3,5,14H,4H2. The van der Waals surface area contributed by atoms with Crippen molar-refractivity contribution < 1.29 is 18.7 Å². The first-order chi connectivity index (χ1) is 7.69. The quantitative estimate of drug-likeness (QED) is 0.901. The summed E-state index contributed by atoms with van der Waals surface area (Å²) in [5.41, 5.74) is 0.341. The van der Waals surface area contributed by atoms with Crippen LogP contribution in [0.3, 0.4) is 0 Å². The number of nitrogens with zero attached hydrogens (tertiary/aromatic N) is 1. The van der Waals surface area contributed by atoms with Gasteiger partial charge in [0.1, 0.15) is 17.8 Å². The van der Waals surface area contributed by atoms with E-state index in [4.69, 9.17) is 25.9 Å². The van der Waals surface area contributed by atoms with E-state index < -0.39 is 5.82 Å². The third kappa shape index (κ3) is 2.32. The van der Waals surface area contributed by atoms with Gasteiger partial charge < -0.3 is 14.3 Å². The molecular formula is C10H7ClFNO3. The highest BCUT2D eigenvalue weighted by Gasteiger charge is 2.09. The zero-order valence-electron chi connectivity index (χ0n) is 7.98. The van der Waals surface area contributed by atoms with Gasteiger partial charge in [-0.05, 0) is 18.2 Å². The van der Waals surface area contributed by atoms with E-state index in [1.807, 2.05) is 0 Å². The molecule has 1 aromatic carbocycles. The Hall–Kier alpha value is -1.59. The fraction of sp³-hybridized carbons (Fsp3) is 0.100. The van der Waals surface area contributed by atoms with Gasteiger partial charge in [-0.25, -0.2) is 4.39 Å². The van der Waals surface area contributed by atoms with E-state index in [0.29, 0.717) is 5.69 Å². The Labute approximate surface area is 95.2 Å². The lowest BCUT2D eigenvalue weighted by Gasteiger charge is -2.02. The number of aliphatic hydroxyl groups is 1. The molecule has 0 unspecified atom stereocenters. The highest BCUT2D eigenvalue weighted by atomic mass is 35.5. The lowest BCUT2D eigenvalue weighted by atomic mass is 10.3. The second-order valence-electron chi connectivity index (χ2n) is 2.94. The third-order valence-corrected chi connectivity index (χ3v) is 2.08. The summed E-state index contributed by atoms with van der Waals surface area (Å²) in [6.07, 6.45) is 1.20. The zero-order valence-corrected chi connectivity index (χ0v) is 8.74. The third-order valence-electron chi connectivity index (χ3n) is 1.78. The number of halogens is 2. The predicted octanol–water partition coefficient (Wildman–Crippen LogP) is 2.75. The highest BCUT2D eigenvalue weighted by Crippen LogP contribution is 2.29. The number of hydrogen-bond acceptors (Lipinski definition) is 4. The summed E-state index contributed by atoms with van der Waals surface area (Å²) in [5, 5.41) is 8.87. The fourth-order valence-corrected chi connectivity index (χ4v) is 1.27. The molecule has 0 aliphatic carbocycles. The summed E-state index contributed by atoms with van der Waals surface area (Å²) < 4.78 is 22.8. The molecule has 0 atom stereocenters. The van der Waals surface area contributed by atoms with Gasteiger partial charge in [-0.2, -0.15) is 4.98 Å². The number of hydrogen-bond donors (Lipinski definition) is 1. The molecule has 0 saturated heterocycles. The first kappa shape index (κ1) is 10.9. The van der Waals surface area contributed by atoms with Gasteiger partial charge in [0.25, 0.3) is 0 Å². The van der Waals surface area contributed by atoms with E-state index in [1.165, 1.54) is 18.4 Å². The molecule has 4 nitrogen and oxygen atoms in total. The Morgan fingerprint density at radius 2 is 2.31 bits per heavy atom. The summed E-state index contributed by atoms with van der Waals surface area (Å²) >= 11 is 5.74. The molecular weight excluding hydrogens is 237 g/mol. The molecule has 1 heterocycles. The van der Waals surface area contributed by atoms with Crippen molar-refractivity contribution in [3.05, 3.63) is 41.0 Å². The summed E-state index contributed by atoms with van der Waals surface area (Å²) in [4.78, 5) is 3.80. The first-order valence-corrected chi connectivity index (χ1v) is 4.75. The molecule has 0 aliphatic rings. The summed E-state index contributed by atoms with van der Waals surface area (Å²) in [7, 11) is 0. The van der Waals surface area contributed by atoms with Crippen LogP contribution >= 0.6 is 11.6 Å². The fourth-order valence-electron chi connectivity index (χ4n) is 1.06. The van der Waals surface area contributed by atoms with Gasteiger partial charge in [0.05, 0.1) is 11.6 Å². The lowest BCUT2D eigenvalue weighted by Crippen LogP contribution is -1.87. The van der Waals surface area contributed by atoms with Crippen molar-refractivity contribution in [2.45, 2.75) is 6.61 Å². The van der Waals surface area contributed by atoms with Crippen LogP contribution in [0.25, 0.3) is 0 Å². The second-order valence-corrected chi connectivity index (χ2v) is 3.35. The lowest BCUT2D eigenvalue weighted by molar-refractivity contribution is 0.276. The maximum atomic E-state index is 12.7. The number of rotatable bonds is 3. The Morgan fingerprint density at radius 1 is 1.50 bits per heavy atom. The van der Waals surface area contributed by atoms with Crippen LogP contribution in [-0.4, -0.2) is 10.1 Å². The number of oxazole rings is 1. The minimum atomic E-state index is -0.458. The largest absolute Gasteiger partial charge is 0.417 e. The second kappa shape index (κ2) is 4.51. The van der Waals surface area contributed by atoms with Crippen LogP contribution in [0.2, 0.25) is 5.02 Å². The van der Waals surface area contributed by atoms with Gasteiger partial charge in [0, 0.05) is 0 Å². The Morgan fingerprint density at radius 3 is 2.94 bits per heavy atom. The number of aliphatic hydroxyl groups excluding tert-OH is 1. The maximum Gasteiger partial charge on any atom is 0.399 e. The van der Waals surface area contributed by atoms with Crippen molar-refractivity contribution >= 4 is 11.6 Å². The van der Waals surface area contributed by atoms with Crippen molar-refractivity contribution in [3.8, 4) is 11.8 Å². The van der Waals surface area contributed by atoms with Crippen molar-refractivity contribution in [1.29, 1.82) is 0 Å². The first-order valence-electron chi connectivity index (χ1n) is 4.37. The minimum absolute atomic E-state index is 0.0578. The normalized spacial score (nSPS) is 10.4. The van der Waals surface area contributed by atoms with Gasteiger partial charge in [0.15, 0.2) is 5.75 Å². The maximum absolute atomic E-state index is 12.7. The van der Waals surface area contributed by atoms with Crippen LogP contribution in [-0.2, 0) is 6.61 Å². The van der Waals surface area contributed by atoms with Crippen LogP contribution in [0, 0.1) is 5.82 Å². The molecule has 0 saturated carbocycles. The van der Waals surface area contributed by atoms with E-state index in [2.05, 4.69) is 4.98 Å². The monoisotopic (exact) mass is 243 g/mol. The molecule has 0 bridgehead atoms. The molecule has 0 spiro atoms. The minimum Gasteiger partial charge on any atom is -0.417 e. The van der Waals surface area contributed by atoms with E-state index in [0.717, 1.165) is 6.07 Å². The molecule has 0 aliphatic heterocycles. The van der Waals surface area contributed by atoms with Crippen molar-refractivity contribution in [2.75, 3.05) is 0 Å². The molecule has 16 heavy (non-hydrogen) atoms.